The van der Waals surface area contributed by atoms with Crippen LogP contribution in [0, 0.1) is 5.41 Å². The summed E-state index contributed by atoms with van der Waals surface area (Å²) < 4.78 is 0. The normalized spacial score (nSPS) is 30.1. The van der Waals surface area contributed by atoms with E-state index in [1.165, 1.54) is 18.4 Å². The lowest BCUT2D eigenvalue weighted by Gasteiger charge is -2.21. The largest absolute Gasteiger partial charge is 0.352 e. The number of hydrogen-bond donors (Lipinski definition) is 2. The summed E-state index contributed by atoms with van der Waals surface area (Å²) in [4.78, 5) is 27.5. The molecule has 0 unspecified atom stereocenters. The van der Waals surface area contributed by atoms with Gasteiger partial charge in [0.1, 0.15) is 6.04 Å². The van der Waals surface area contributed by atoms with E-state index >= 15 is 0 Å². The van der Waals surface area contributed by atoms with Crippen molar-refractivity contribution in [2.24, 2.45) is 5.41 Å². The predicted molar refractivity (Wildman–Crippen MR) is 95.7 cm³/mol. The zero-order chi connectivity index (χ0) is 17.3. The van der Waals surface area contributed by atoms with Gasteiger partial charge in [-0.2, -0.15) is 0 Å². The molecule has 2 amide bonds. The summed E-state index contributed by atoms with van der Waals surface area (Å²) in [7, 11) is 0. The molecule has 0 radical (unpaired) electrons. The molecule has 134 valence electrons. The van der Waals surface area contributed by atoms with Crippen LogP contribution >= 0.6 is 0 Å². The third-order valence-electron chi connectivity index (χ3n) is 6.08. The average molecular weight is 341 g/mol. The number of nitrogens with one attached hydrogen (secondary N) is 2. The lowest BCUT2D eigenvalue weighted by molar-refractivity contribution is -0.128. The summed E-state index contributed by atoms with van der Waals surface area (Å²) in [5, 5.41) is 6.10. The molecule has 1 saturated carbocycles. The van der Waals surface area contributed by atoms with Crippen LogP contribution in [0.25, 0.3) is 0 Å². The Bertz CT molecular complexity index is 642. The molecule has 2 heterocycles. The molecule has 3 aliphatic rings. The molecule has 5 heteroatoms. The van der Waals surface area contributed by atoms with Gasteiger partial charge in [-0.1, -0.05) is 43.2 Å². The smallest absolute Gasteiger partial charge is 0.242 e. The van der Waals surface area contributed by atoms with Crippen molar-refractivity contribution < 1.29 is 9.59 Å². The standard InChI is InChI=1S/C20H27N3O2/c24-18(21-16-8-4-5-9-16)17-12-20(19(25)22-17)10-11-23(14-20)13-15-6-2-1-3-7-15/h1-3,6-7,16-17H,4-5,8-14H2,(H,21,24)(H,22,25)/t17-,20+/m0/s1. The third kappa shape index (κ3) is 3.43. The van der Waals surface area contributed by atoms with Crippen molar-refractivity contribution in [3.8, 4) is 0 Å². The van der Waals surface area contributed by atoms with Crippen LogP contribution in [-0.2, 0) is 16.1 Å². The molecule has 2 saturated heterocycles. The average Bonchev–Trinajstić information content (AvgIpc) is 3.32. The van der Waals surface area contributed by atoms with Crippen LogP contribution in [0.4, 0.5) is 0 Å². The van der Waals surface area contributed by atoms with Gasteiger partial charge in [0.15, 0.2) is 0 Å². The predicted octanol–water partition coefficient (Wildman–Crippen LogP) is 1.83. The SMILES string of the molecule is O=C(NC1CCCC1)[C@@H]1C[C@@]2(CCN(Cc3ccccc3)C2)C(=O)N1. The number of rotatable bonds is 4. The number of benzene rings is 1. The van der Waals surface area contributed by atoms with Gasteiger partial charge in [-0.25, -0.2) is 0 Å². The number of likely N-dealkylation sites (tertiary alicyclic amines) is 1. The molecule has 4 rings (SSSR count). The van der Waals surface area contributed by atoms with Gasteiger partial charge in [-0.3, -0.25) is 14.5 Å². The van der Waals surface area contributed by atoms with Crippen molar-refractivity contribution in [2.45, 2.75) is 57.2 Å². The van der Waals surface area contributed by atoms with Crippen LogP contribution in [0.2, 0.25) is 0 Å². The highest BCUT2D eigenvalue weighted by molar-refractivity contribution is 5.94. The summed E-state index contributed by atoms with van der Waals surface area (Å²) in [6, 6.07) is 10.3. The molecule has 25 heavy (non-hydrogen) atoms. The van der Waals surface area contributed by atoms with Crippen molar-refractivity contribution in [3.63, 3.8) is 0 Å². The molecular formula is C20H27N3O2. The second kappa shape index (κ2) is 6.79. The van der Waals surface area contributed by atoms with E-state index in [1.54, 1.807) is 0 Å². The molecular weight excluding hydrogens is 314 g/mol. The molecule has 1 aliphatic carbocycles. The molecule has 0 aromatic heterocycles. The fourth-order valence-corrected chi connectivity index (χ4v) is 4.66. The molecule has 1 spiro atoms. The highest BCUT2D eigenvalue weighted by Gasteiger charge is 2.52. The quantitative estimate of drug-likeness (QED) is 0.878. The first-order chi connectivity index (χ1) is 12.1. The highest BCUT2D eigenvalue weighted by atomic mass is 16.2. The zero-order valence-electron chi connectivity index (χ0n) is 14.7. The molecule has 0 bridgehead atoms. The number of carbonyl (C=O) groups excluding carboxylic acids is 2. The number of hydrogen-bond acceptors (Lipinski definition) is 3. The van der Waals surface area contributed by atoms with Crippen molar-refractivity contribution in [3.05, 3.63) is 35.9 Å². The van der Waals surface area contributed by atoms with Crippen LogP contribution < -0.4 is 10.6 Å². The Hall–Kier alpha value is -1.88. The van der Waals surface area contributed by atoms with E-state index in [4.69, 9.17) is 0 Å². The van der Waals surface area contributed by atoms with Crippen molar-refractivity contribution in [2.75, 3.05) is 13.1 Å². The fourth-order valence-electron chi connectivity index (χ4n) is 4.66. The van der Waals surface area contributed by atoms with Gasteiger partial charge in [-0.05, 0) is 37.8 Å². The lowest BCUT2D eigenvalue weighted by Crippen LogP contribution is -2.45. The van der Waals surface area contributed by atoms with Crippen LogP contribution in [0.5, 0.6) is 0 Å². The number of carbonyl (C=O) groups is 2. The zero-order valence-corrected chi connectivity index (χ0v) is 14.7. The minimum absolute atomic E-state index is 0.0126. The van der Waals surface area contributed by atoms with Gasteiger partial charge in [0.2, 0.25) is 11.8 Å². The molecule has 1 aromatic carbocycles. The Morgan fingerprint density at radius 3 is 2.76 bits per heavy atom. The van der Waals surface area contributed by atoms with Crippen LogP contribution in [0.3, 0.4) is 0 Å². The maximum Gasteiger partial charge on any atom is 0.242 e. The van der Waals surface area contributed by atoms with Crippen molar-refractivity contribution in [1.82, 2.24) is 15.5 Å². The second-order valence-corrected chi connectivity index (χ2v) is 7.95. The molecule has 3 fully saturated rings. The van der Waals surface area contributed by atoms with Gasteiger partial charge < -0.3 is 10.6 Å². The van der Waals surface area contributed by atoms with Crippen LogP contribution in [-0.4, -0.2) is 41.9 Å². The molecule has 1 aromatic rings. The number of amides is 2. The Labute approximate surface area is 149 Å². The molecule has 2 aliphatic heterocycles. The van der Waals surface area contributed by atoms with E-state index in [-0.39, 0.29) is 23.3 Å². The van der Waals surface area contributed by atoms with Crippen LogP contribution in [0.15, 0.2) is 30.3 Å². The first kappa shape index (κ1) is 16.6. The first-order valence-electron chi connectivity index (χ1n) is 9.52. The van der Waals surface area contributed by atoms with Gasteiger partial charge in [-0.15, -0.1) is 0 Å². The van der Waals surface area contributed by atoms with E-state index < -0.39 is 0 Å². The summed E-state index contributed by atoms with van der Waals surface area (Å²) in [6.07, 6.45) is 6.01. The maximum absolute atomic E-state index is 12.6. The minimum atomic E-state index is -0.382. The molecule has 2 N–H and O–H groups in total. The summed E-state index contributed by atoms with van der Waals surface area (Å²) in [6.45, 7) is 2.54. The van der Waals surface area contributed by atoms with Crippen molar-refractivity contribution >= 4 is 11.8 Å². The van der Waals surface area contributed by atoms with E-state index in [0.717, 1.165) is 38.9 Å². The van der Waals surface area contributed by atoms with E-state index in [1.807, 2.05) is 18.2 Å². The number of nitrogens with zero attached hydrogens (tertiary/aromatic N) is 1. The first-order valence-corrected chi connectivity index (χ1v) is 9.52. The van der Waals surface area contributed by atoms with Gasteiger partial charge in [0, 0.05) is 19.1 Å². The Morgan fingerprint density at radius 2 is 2.00 bits per heavy atom. The van der Waals surface area contributed by atoms with Crippen LogP contribution in [0.1, 0.15) is 44.1 Å². The Morgan fingerprint density at radius 1 is 1.24 bits per heavy atom. The summed E-state index contributed by atoms with van der Waals surface area (Å²) in [5.74, 6) is 0.0771. The van der Waals surface area contributed by atoms with E-state index in [9.17, 15) is 9.59 Å². The van der Waals surface area contributed by atoms with E-state index in [2.05, 4.69) is 27.7 Å². The lowest BCUT2D eigenvalue weighted by atomic mass is 9.84. The minimum Gasteiger partial charge on any atom is -0.352 e. The maximum atomic E-state index is 12.6. The van der Waals surface area contributed by atoms with Crippen molar-refractivity contribution in [1.29, 1.82) is 0 Å². The topological polar surface area (TPSA) is 61.4 Å². The van der Waals surface area contributed by atoms with Gasteiger partial charge in [0.05, 0.1) is 5.41 Å². The third-order valence-corrected chi connectivity index (χ3v) is 6.08. The molecule has 5 nitrogen and oxygen atoms in total. The molecule has 2 atom stereocenters. The monoisotopic (exact) mass is 341 g/mol. The highest BCUT2D eigenvalue weighted by Crippen LogP contribution is 2.40. The second-order valence-electron chi connectivity index (χ2n) is 7.95. The van der Waals surface area contributed by atoms with Gasteiger partial charge in [0.25, 0.3) is 0 Å². The summed E-state index contributed by atoms with van der Waals surface area (Å²) in [5.41, 5.74) is 0.889. The Balaban J connectivity index is 1.36. The summed E-state index contributed by atoms with van der Waals surface area (Å²) >= 11 is 0. The van der Waals surface area contributed by atoms with E-state index in [0.29, 0.717) is 12.5 Å². The fraction of sp³-hybridized carbons (Fsp3) is 0.600. The Kier molecular flexibility index (Phi) is 4.50. The van der Waals surface area contributed by atoms with Gasteiger partial charge >= 0.3 is 0 Å².